The Morgan fingerprint density at radius 1 is 1.29 bits per heavy atom. The number of likely N-dealkylation sites (N-methyl/N-ethyl adjacent to an activating group) is 2. The Kier molecular flexibility index (Phi) is 4.85. The molecule has 1 heterocycles. The Hall–Kier alpha value is -0.120. The smallest absolute Gasteiger partial charge is 0.0634 e. The highest BCUT2D eigenvalue weighted by Crippen LogP contribution is 2.06. The molecule has 0 saturated carbocycles. The predicted octanol–water partition coefficient (Wildman–Crippen LogP) is 0.905. The average Bonchev–Trinajstić information content (AvgIpc) is 2.10. The maximum absolute atomic E-state index is 5.68. The van der Waals surface area contributed by atoms with Crippen LogP contribution in [-0.2, 0) is 4.74 Å². The van der Waals surface area contributed by atoms with Gasteiger partial charge in [0.25, 0.3) is 0 Å². The molecule has 0 aliphatic carbocycles. The quantitative estimate of drug-likeness (QED) is 0.671. The Morgan fingerprint density at radius 2 is 2.00 bits per heavy atom. The van der Waals surface area contributed by atoms with Crippen molar-refractivity contribution in [2.24, 2.45) is 5.92 Å². The summed E-state index contributed by atoms with van der Waals surface area (Å²) in [5.41, 5.74) is 0. The minimum absolute atomic E-state index is 0.576. The van der Waals surface area contributed by atoms with Gasteiger partial charge in [0.2, 0.25) is 0 Å². The second kappa shape index (κ2) is 5.69. The standard InChI is InChI=1S/C11H24N2O/c1-10(2)8-14-9-11-7-12(3)5-6-13(11)4/h10-11H,5-9H2,1-4H3. The molecule has 1 rings (SSSR count). The van der Waals surface area contributed by atoms with E-state index in [1.165, 1.54) is 6.54 Å². The summed E-state index contributed by atoms with van der Waals surface area (Å²) in [4.78, 5) is 4.78. The number of hydrogen-bond acceptors (Lipinski definition) is 3. The lowest BCUT2D eigenvalue weighted by molar-refractivity contribution is 0.0210. The van der Waals surface area contributed by atoms with E-state index in [2.05, 4.69) is 37.7 Å². The van der Waals surface area contributed by atoms with E-state index in [-0.39, 0.29) is 0 Å². The SMILES string of the molecule is CC(C)COCC1CN(C)CCN1C. The van der Waals surface area contributed by atoms with Crippen LogP contribution in [0.15, 0.2) is 0 Å². The number of hydrogen-bond donors (Lipinski definition) is 0. The fraction of sp³-hybridized carbons (Fsp3) is 1.00. The Labute approximate surface area is 88.0 Å². The van der Waals surface area contributed by atoms with Crippen LogP contribution in [0.1, 0.15) is 13.8 Å². The molecule has 0 aromatic carbocycles. The zero-order valence-corrected chi connectivity index (χ0v) is 9.99. The number of piperazine rings is 1. The van der Waals surface area contributed by atoms with E-state index in [1.807, 2.05) is 0 Å². The van der Waals surface area contributed by atoms with Gasteiger partial charge in [0.1, 0.15) is 0 Å². The van der Waals surface area contributed by atoms with Gasteiger partial charge in [-0.3, -0.25) is 4.90 Å². The van der Waals surface area contributed by atoms with Crippen LogP contribution in [0.4, 0.5) is 0 Å². The molecule has 0 amide bonds. The van der Waals surface area contributed by atoms with Crippen molar-refractivity contribution >= 4 is 0 Å². The topological polar surface area (TPSA) is 15.7 Å². The van der Waals surface area contributed by atoms with Crippen LogP contribution in [0, 0.1) is 5.92 Å². The minimum Gasteiger partial charge on any atom is -0.380 e. The van der Waals surface area contributed by atoms with Crippen LogP contribution in [-0.4, -0.2) is 62.8 Å². The van der Waals surface area contributed by atoms with Crippen LogP contribution in [0.5, 0.6) is 0 Å². The second-order valence-electron chi connectivity index (χ2n) is 4.83. The largest absolute Gasteiger partial charge is 0.380 e. The van der Waals surface area contributed by atoms with Crippen molar-refractivity contribution in [3.8, 4) is 0 Å². The van der Waals surface area contributed by atoms with Gasteiger partial charge in [-0.05, 0) is 20.0 Å². The molecule has 3 heteroatoms. The summed E-state index contributed by atoms with van der Waals surface area (Å²) < 4.78 is 5.68. The highest BCUT2D eigenvalue weighted by molar-refractivity contribution is 4.77. The summed E-state index contributed by atoms with van der Waals surface area (Å²) in [6, 6.07) is 0.576. The van der Waals surface area contributed by atoms with Gasteiger partial charge >= 0.3 is 0 Å². The fourth-order valence-electron chi connectivity index (χ4n) is 1.72. The fourth-order valence-corrected chi connectivity index (χ4v) is 1.72. The molecule has 1 saturated heterocycles. The first-order valence-electron chi connectivity index (χ1n) is 5.56. The molecular weight excluding hydrogens is 176 g/mol. The molecule has 0 radical (unpaired) electrons. The Morgan fingerprint density at radius 3 is 2.64 bits per heavy atom. The van der Waals surface area contributed by atoms with Gasteiger partial charge < -0.3 is 9.64 Å². The summed E-state index contributed by atoms with van der Waals surface area (Å²) in [7, 11) is 4.37. The van der Waals surface area contributed by atoms with Crippen LogP contribution in [0.2, 0.25) is 0 Å². The van der Waals surface area contributed by atoms with E-state index in [0.717, 1.165) is 26.3 Å². The lowest BCUT2D eigenvalue weighted by atomic mass is 10.2. The van der Waals surface area contributed by atoms with Crippen molar-refractivity contribution in [3.05, 3.63) is 0 Å². The summed E-state index contributed by atoms with van der Waals surface area (Å²) >= 11 is 0. The van der Waals surface area contributed by atoms with Crippen molar-refractivity contribution in [3.63, 3.8) is 0 Å². The van der Waals surface area contributed by atoms with Gasteiger partial charge in [-0.25, -0.2) is 0 Å². The van der Waals surface area contributed by atoms with Crippen molar-refractivity contribution in [1.29, 1.82) is 0 Å². The maximum atomic E-state index is 5.68. The summed E-state index contributed by atoms with van der Waals surface area (Å²) in [6.45, 7) is 9.61. The summed E-state index contributed by atoms with van der Waals surface area (Å²) in [5.74, 6) is 0.640. The van der Waals surface area contributed by atoms with Crippen molar-refractivity contribution in [1.82, 2.24) is 9.80 Å². The molecule has 1 fully saturated rings. The van der Waals surface area contributed by atoms with E-state index in [9.17, 15) is 0 Å². The molecule has 1 atom stereocenters. The number of ether oxygens (including phenoxy) is 1. The van der Waals surface area contributed by atoms with Gasteiger partial charge in [-0.2, -0.15) is 0 Å². The first-order valence-corrected chi connectivity index (χ1v) is 5.56. The first kappa shape index (κ1) is 12.0. The molecule has 0 N–H and O–H groups in total. The normalized spacial score (nSPS) is 25.9. The zero-order valence-electron chi connectivity index (χ0n) is 9.99. The van der Waals surface area contributed by atoms with Gasteiger partial charge in [-0.1, -0.05) is 13.8 Å². The van der Waals surface area contributed by atoms with E-state index >= 15 is 0 Å². The predicted molar refractivity (Wildman–Crippen MR) is 59.6 cm³/mol. The lowest BCUT2D eigenvalue weighted by Crippen LogP contribution is -2.51. The van der Waals surface area contributed by atoms with E-state index < -0.39 is 0 Å². The van der Waals surface area contributed by atoms with Crippen LogP contribution < -0.4 is 0 Å². The Balaban J connectivity index is 2.20. The van der Waals surface area contributed by atoms with Gasteiger partial charge in [0.05, 0.1) is 6.61 Å². The molecule has 1 unspecified atom stereocenters. The summed E-state index contributed by atoms with van der Waals surface area (Å²) in [6.07, 6.45) is 0. The van der Waals surface area contributed by atoms with E-state index in [0.29, 0.717) is 12.0 Å². The molecule has 84 valence electrons. The zero-order chi connectivity index (χ0) is 10.6. The maximum Gasteiger partial charge on any atom is 0.0634 e. The monoisotopic (exact) mass is 200 g/mol. The summed E-state index contributed by atoms with van der Waals surface area (Å²) in [5, 5.41) is 0. The second-order valence-corrected chi connectivity index (χ2v) is 4.83. The molecule has 1 aliphatic heterocycles. The third-order valence-electron chi connectivity index (χ3n) is 2.74. The van der Waals surface area contributed by atoms with Crippen LogP contribution >= 0.6 is 0 Å². The molecule has 0 bridgehead atoms. The third-order valence-corrected chi connectivity index (χ3v) is 2.74. The van der Waals surface area contributed by atoms with E-state index in [4.69, 9.17) is 4.74 Å². The molecule has 0 spiro atoms. The van der Waals surface area contributed by atoms with E-state index in [1.54, 1.807) is 0 Å². The van der Waals surface area contributed by atoms with Crippen molar-refractivity contribution in [2.45, 2.75) is 19.9 Å². The lowest BCUT2D eigenvalue weighted by Gasteiger charge is -2.37. The highest BCUT2D eigenvalue weighted by atomic mass is 16.5. The molecule has 0 aromatic rings. The Bertz CT molecular complexity index is 161. The van der Waals surface area contributed by atoms with Crippen LogP contribution in [0.3, 0.4) is 0 Å². The van der Waals surface area contributed by atoms with Gasteiger partial charge in [-0.15, -0.1) is 0 Å². The molecule has 3 nitrogen and oxygen atoms in total. The number of rotatable bonds is 4. The first-order chi connectivity index (χ1) is 6.59. The molecule has 1 aliphatic rings. The highest BCUT2D eigenvalue weighted by Gasteiger charge is 2.21. The van der Waals surface area contributed by atoms with Crippen LogP contribution in [0.25, 0.3) is 0 Å². The van der Waals surface area contributed by atoms with Gasteiger partial charge in [0, 0.05) is 32.3 Å². The molecular formula is C11H24N2O. The average molecular weight is 200 g/mol. The minimum atomic E-state index is 0.576. The molecule has 0 aromatic heterocycles. The number of nitrogens with zero attached hydrogens (tertiary/aromatic N) is 2. The molecule has 14 heavy (non-hydrogen) atoms. The van der Waals surface area contributed by atoms with Gasteiger partial charge in [0.15, 0.2) is 0 Å². The third kappa shape index (κ3) is 3.95. The van der Waals surface area contributed by atoms with Crippen molar-refractivity contribution < 1.29 is 4.74 Å². The van der Waals surface area contributed by atoms with Crippen molar-refractivity contribution in [2.75, 3.05) is 46.9 Å².